The van der Waals surface area contributed by atoms with Gasteiger partial charge in [0.2, 0.25) is 0 Å². The van der Waals surface area contributed by atoms with E-state index in [2.05, 4.69) is 10.6 Å². The van der Waals surface area contributed by atoms with Gasteiger partial charge in [-0.15, -0.1) is 0 Å². The second kappa shape index (κ2) is 6.65. The number of hydrogen-bond donors (Lipinski definition) is 3. The van der Waals surface area contributed by atoms with E-state index in [-0.39, 0.29) is 11.8 Å². The molecule has 3 N–H and O–H groups in total. The van der Waals surface area contributed by atoms with Crippen LogP contribution in [0.5, 0.6) is 11.5 Å². The van der Waals surface area contributed by atoms with Crippen molar-refractivity contribution in [3.8, 4) is 11.5 Å². The Hall–Kier alpha value is -2.69. The number of carbonyl (C=O) groups is 1. The summed E-state index contributed by atoms with van der Waals surface area (Å²) in [6.45, 7) is 3.65. The predicted molar refractivity (Wildman–Crippen MR) is 81.5 cm³/mol. The van der Waals surface area contributed by atoms with Crippen molar-refractivity contribution in [1.82, 2.24) is 5.32 Å². The Bertz CT molecular complexity index is 611. The minimum absolute atomic E-state index is 0.167. The van der Waals surface area contributed by atoms with E-state index in [9.17, 15) is 9.90 Å². The number of nitrogens with one attached hydrogen (secondary N) is 2. The van der Waals surface area contributed by atoms with Crippen molar-refractivity contribution in [2.75, 3.05) is 5.32 Å². The van der Waals surface area contributed by atoms with Gasteiger partial charge in [-0.3, -0.25) is 0 Å². The summed E-state index contributed by atoms with van der Waals surface area (Å²) in [6, 6.07) is 13.5. The van der Waals surface area contributed by atoms with Crippen LogP contribution in [0.2, 0.25) is 0 Å². The minimum Gasteiger partial charge on any atom is -0.508 e. The number of ether oxygens (including phenoxy) is 1. The zero-order valence-electron chi connectivity index (χ0n) is 12.0. The fourth-order valence-corrected chi connectivity index (χ4v) is 1.81. The summed E-state index contributed by atoms with van der Waals surface area (Å²) in [5.74, 6) is 0.733. The molecule has 2 aromatic carbocycles. The number of rotatable bonds is 4. The third-order valence-electron chi connectivity index (χ3n) is 2.88. The SMILES string of the molecule is Cc1ccccc1NC(=O)NC(C)Oc1ccc(O)cc1. The Kier molecular flexibility index (Phi) is 4.66. The van der Waals surface area contributed by atoms with E-state index in [1.165, 1.54) is 12.1 Å². The summed E-state index contributed by atoms with van der Waals surface area (Å²) < 4.78 is 5.52. The number of phenols is 1. The molecule has 5 heteroatoms. The molecule has 0 aliphatic rings. The van der Waals surface area contributed by atoms with Gasteiger partial charge in [0.05, 0.1) is 0 Å². The van der Waals surface area contributed by atoms with Gasteiger partial charge in [-0.25, -0.2) is 4.79 Å². The Morgan fingerprint density at radius 2 is 1.81 bits per heavy atom. The zero-order chi connectivity index (χ0) is 15.2. The van der Waals surface area contributed by atoms with Crippen molar-refractivity contribution in [2.24, 2.45) is 0 Å². The quantitative estimate of drug-likeness (QED) is 0.756. The number of urea groups is 1. The molecule has 1 unspecified atom stereocenters. The largest absolute Gasteiger partial charge is 0.508 e. The van der Waals surface area contributed by atoms with Crippen LogP contribution in [-0.4, -0.2) is 17.4 Å². The maximum Gasteiger partial charge on any atom is 0.322 e. The molecule has 0 heterocycles. The van der Waals surface area contributed by atoms with Crippen LogP contribution in [-0.2, 0) is 0 Å². The lowest BCUT2D eigenvalue weighted by molar-refractivity contribution is 0.183. The molecule has 2 rings (SSSR count). The van der Waals surface area contributed by atoms with E-state index in [1.807, 2.05) is 31.2 Å². The number of carbonyl (C=O) groups excluding carboxylic acids is 1. The van der Waals surface area contributed by atoms with Gasteiger partial charge in [0, 0.05) is 5.69 Å². The van der Waals surface area contributed by atoms with Crippen molar-refractivity contribution in [3.05, 3.63) is 54.1 Å². The maximum absolute atomic E-state index is 11.9. The monoisotopic (exact) mass is 286 g/mol. The molecule has 2 aromatic rings. The van der Waals surface area contributed by atoms with Gasteiger partial charge in [0.1, 0.15) is 11.5 Å². The summed E-state index contributed by atoms with van der Waals surface area (Å²) >= 11 is 0. The summed E-state index contributed by atoms with van der Waals surface area (Å²) in [6.07, 6.45) is -0.501. The number of amides is 2. The number of benzene rings is 2. The number of phenolic OH excluding ortho intramolecular Hbond substituents is 1. The number of para-hydroxylation sites is 1. The molecule has 0 saturated heterocycles. The number of anilines is 1. The lowest BCUT2D eigenvalue weighted by Gasteiger charge is -2.17. The molecule has 0 aromatic heterocycles. The molecule has 0 spiro atoms. The molecule has 0 aliphatic heterocycles. The van der Waals surface area contributed by atoms with Crippen LogP contribution < -0.4 is 15.4 Å². The fraction of sp³-hybridized carbons (Fsp3) is 0.188. The van der Waals surface area contributed by atoms with E-state index in [0.29, 0.717) is 5.75 Å². The smallest absolute Gasteiger partial charge is 0.322 e. The Morgan fingerprint density at radius 3 is 2.48 bits per heavy atom. The lowest BCUT2D eigenvalue weighted by Crippen LogP contribution is -2.39. The van der Waals surface area contributed by atoms with E-state index < -0.39 is 6.23 Å². The van der Waals surface area contributed by atoms with Crippen LogP contribution in [0.3, 0.4) is 0 Å². The van der Waals surface area contributed by atoms with Crippen molar-refractivity contribution in [1.29, 1.82) is 0 Å². The predicted octanol–water partition coefficient (Wildman–Crippen LogP) is 3.25. The topological polar surface area (TPSA) is 70.6 Å². The van der Waals surface area contributed by atoms with Crippen molar-refractivity contribution < 1.29 is 14.6 Å². The fourth-order valence-electron chi connectivity index (χ4n) is 1.81. The van der Waals surface area contributed by atoms with Crippen molar-refractivity contribution >= 4 is 11.7 Å². The zero-order valence-corrected chi connectivity index (χ0v) is 12.0. The molecule has 0 saturated carbocycles. The molecular formula is C16H18N2O3. The number of aromatic hydroxyl groups is 1. The minimum atomic E-state index is -0.501. The van der Waals surface area contributed by atoms with Gasteiger partial charge < -0.3 is 20.5 Å². The van der Waals surface area contributed by atoms with Gasteiger partial charge in [-0.1, -0.05) is 18.2 Å². The number of hydrogen-bond acceptors (Lipinski definition) is 3. The van der Waals surface area contributed by atoms with Crippen LogP contribution >= 0.6 is 0 Å². The summed E-state index contributed by atoms with van der Waals surface area (Å²) in [4.78, 5) is 11.9. The third-order valence-corrected chi connectivity index (χ3v) is 2.88. The molecule has 1 atom stereocenters. The Balaban J connectivity index is 1.87. The molecule has 110 valence electrons. The Labute approximate surface area is 123 Å². The summed E-state index contributed by atoms with van der Waals surface area (Å²) in [5.41, 5.74) is 1.74. The van der Waals surface area contributed by atoms with E-state index in [4.69, 9.17) is 4.74 Å². The van der Waals surface area contributed by atoms with Gasteiger partial charge in [0.15, 0.2) is 6.23 Å². The lowest BCUT2D eigenvalue weighted by atomic mass is 10.2. The number of aryl methyl sites for hydroxylation is 1. The van der Waals surface area contributed by atoms with Crippen LogP contribution in [0.1, 0.15) is 12.5 Å². The maximum atomic E-state index is 11.9. The highest BCUT2D eigenvalue weighted by molar-refractivity contribution is 5.90. The van der Waals surface area contributed by atoms with E-state index in [0.717, 1.165) is 11.3 Å². The molecule has 2 amide bonds. The second-order valence-electron chi connectivity index (χ2n) is 4.67. The summed E-state index contributed by atoms with van der Waals surface area (Å²) in [7, 11) is 0. The highest BCUT2D eigenvalue weighted by atomic mass is 16.5. The normalized spacial score (nSPS) is 11.5. The van der Waals surface area contributed by atoms with Crippen LogP contribution in [0.4, 0.5) is 10.5 Å². The van der Waals surface area contributed by atoms with Gasteiger partial charge in [-0.2, -0.15) is 0 Å². The molecular weight excluding hydrogens is 268 g/mol. The van der Waals surface area contributed by atoms with Crippen LogP contribution in [0.15, 0.2) is 48.5 Å². The highest BCUT2D eigenvalue weighted by Gasteiger charge is 2.09. The molecule has 0 aliphatic carbocycles. The van der Waals surface area contributed by atoms with Crippen molar-refractivity contribution in [3.63, 3.8) is 0 Å². The average molecular weight is 286 g/mol. The first-order chi connectivity index (χ1) is 10.0. The molecule has 0 fully saturated rings. The Morgan fingerprint density at radius 1 is 1.14 bits per heavy atom. The highest BCUT2D eigenvalue weighted by Crippen LogP contribution is 2.17. The first-order valence-electron chi connectivity index (χ1n) is 6.63. The van der Waals surface area contributed by atoms with Gasteiger partial charge >= 0.3 is 6.03 Å². The first-order valence-corrected chi connectivity index (χ1v) is 6.63. The molecule has 21 heavy (non-hydrogen) atoms. The van der Waals surface area contributed by atoms with Crippen LogP contribution in [0, 0.1) is 6.92 Å². The second-order valence-corrected chi connectivity index (χ2v) is 4.67. The van der Waals surface area contributed by atoms with Gasteiger partial charge in [0.25, 0.3) is 0 Å². The van der Waals surface area contributed by atoms with Crippen molar-refractivity contribution in [2.45, 2.75) is 20.1 Å². The first kappa shape index (κ1) is 14.7. The average Bonchev–Trinajstić information content (AvgIpc) is 2.44. The summed E-state index contributed by atoms with van der Waals surface area (Å²) in [5, 5.41) is 14.6. The van der Waals surface area contributed by atoms with Crippen LogP contribution in [0.25, 0.3) is 0 Å². The molecule has 5 nitrogen and oxygen atoms in total. The van der Waals surface area contributed by atoms with E-state index >= 15 is 0 Å². The standard InChI is InChI=1S/C16H18N2O3/c1-11-5-3-4-6-15(11)18-16(20)17-12(2)21-14-9-7-13(19)8-10-14/h3-10,12,19H,1-2H3,(H2,17,18,20). The molecule has 0 radical (unpaired) electrons. The molecule has 0 bridgehead atoms. The third kappa shape index (κ3) is 4.42. The van der Waals surface area contributed by atoms with Gasteiger partial charge in [-0.05, 0) is 49.7 Å². The van der Waals surface area contributed by atoms with E-state index in [1.54, 1.807) is 19.1 Å².